The lowest BCUT2D eigenvalue weighted by molar-refractivity contribution is 0.00544. The zero-order valence-corrected chi connectivity index (χ0v) is 7.35. The van der Waals surface area contributed by atoms with E-state index >= 15 is 0 Å². The van der Waals surface area contributed by atoms with Gasteiger partial charge >= 0.3 is 0 Å². The van der Waals surface area contributed by atoms with Crippen molar-refractivity contribution in [3.8, 4) is 0 Å². The molecule has 1 aromatic rings. The molecule has 1 aliphatic heterocycles. The Hall–Kier alpha value is -1.49. The van der Waals surface area contributed by atoms with E-state index in [0.717, 1.165) is 0 Å². The number of aromatic nitrogens is 1. The van der Waals surface area contributed by atoms with Gasteiger partial charge in [0.25, 0.3) is 5.91 Å². The van der Waals surface area contributed by atoms with Gasteiger partial charge < -0.3 is 10.0 Å². The van der Waals surface area contributed by atoms with Crippen molar-refractivity contribution in [2.75, 3.05) is 13.1 Å². The molecule has 0 radical (unpaired) electrons. The highest BCUT2D eigenvalue weighted by molar-refractivity contribution is 5.92. The Labute approximate surface area is 80.0 Å². The van der Waals surface area contributed by atoms with Gasteiger partial charge in [0, 0.05) is 13.1 Å². The van der Waals surface area contributed by atoms with E-state index in [1.807, 2.05) is 0 Å². The number of nitrogens with zero attached hydrogens (tertiary/aromatic N) is 2. The van der Waals surface area contributed by atoms with Crippen molar-refractivity contribution in [2.24, 2.45) is 0 Å². The zero-order chi connectivity index (χ0) is 10.1. The van der Waals surface area contributed by atoms with Gasteiger partial charge in [0.05, 0.1) is 6.10 Å². The van der Waals surface area contributed by atoms with Crippen molar-refractivity contribution in [1.82, 2.24) is 9.88 Å². The average molecular weight is 196 g/mol. The van der Waals surface area contributed by atoms with Crippen LogP contribution in [-0.2, 0) is 0 Å². The fourth-order valence-electron chi connectivity index (χ4n) is 1.31. The lowest BCUT2D eigenvalue weighted by Gasteiger charge is -2.35. The molecule has 5 heteroatoms. The molecule has 1 aliphatic rings. The molecule has 0 atom stereocenters. The summed E-state index contributed by atoms with van der Waals surface area (Å²) in [7, 11) is 0. The van der Waals surface area contributed by atoms with Crippen LogP contribution in [0.5, 0.6) is 0 Å². The summed E-state index contributed by atoms with van der Waals surface area (Å²) >= 11 is 0. The number of halogens is 1. The molecule has 0 spiro atoms. The summed E-state index contributed by atoms with van der Waals surface area (Å²) in [4.78, 5) is 16.4. The highest BCUT2D eigenvalue weighted by Crippen LogP contribution is 2.11. The molecule has 1 fully saturated rings. The second-order valence-electron chi connectivity index (χ2n) is 3.21. The van der Waals surface area contributed by atoms with Crippen LogP contribution in [0.15, 0.2) is 18.2 Å². The SMILES string of the molecule is O=C(c1cccc(F)n1)N1CC(O)C1. The molecule has 0 unspecified atom stereocenters. The number of carbonyl (C=O) groups excluding carboxylic acids is 1. The zero-order valence-electron chi connectivity index (χ0n) is 7.35. The molecule has 2 heterocycles. The molecule has 0 bridgehead atoms. The summed E-state index contributed by atoms with van der Waals surface area (Å²) in [6.45, 7) is 0.605. The summed E-state index contributed by atoms with van der Waals surface area (Å²) in [6.07, 6.45) is -0.451. The topological polar surface area (TPSA) is 53.4 Å². The highest BCUT2D eigenvalue weighted by atomic mass is 19.1. The highest BCUT2D eigenvalue weighted by Gasteiger charge is 2.30. The molecule has 0 aromatic carbocycles. The Morgan fingerprint density at radius 1 is 1.57 bits per heavy atom. The van der Waals surface area contributed by atoms with Crippen molar-refractivity contribution < 1.29 is 14.3 Å². The molecule has 14 heavy (non-hydrogen) atoms. The Kier molecular flexibility index (Phi) is 2.17. The predicted molar refractivity (Wildman–Crippen MR) is 46.1 cm³/mol. The van der Waals surface area contributed by atoms with Gasteiger partial charge in [0.2, 0.25) is 5.95 Å². The van der Waals surface area contributed by atoms with Crippen LogP contribution < -0.4 is 0 Å². The molecule has 2 rings (SSSR count). The van der Waals surface area contributed by atoms with Crippen molar-refractivity contribution in [1.29, 1.82) is 0 Å². The monoisotopic (exact) mass is 196 g/mol. The minimum atomic E-state index is -0.670. The number of hydrogen-bond acceptors (Lipinski definition) is 3. The first-order valence-corrected chi connectivity index (χ1v) is 4.27. The smallest absolute Gasteiger partial charge is 0.272 e. The van der Waals surface area contributed by atoms with Crippen LogP contribution in [0.1, 0.15) is 10.5 Å². The molecule has 1 aromatic heterocycles. The van der Waals surface area contributed by atoms with Gasteiger partial charge in [-0.15, -0.1) is 0 Å². The van der Waals surface area contributed by atoms with Crippen LogP contribution in [0.25, 0.3) is 0 Å². The summed E-state index contributed by atoms with van der Waals surface area (Å²) in [5.41, 5.74) is 0.0805. The Balaban J connectivity index is 2.12. The van der Waals surface area contributed by atoms with Gasteiger partial charge in [-0.3, -0.25) is 4.79 Å². The van der Waals surface area contributed by atoms with Crippen molar-refractivity contribution in [3.63, 3.8) is 0 Å². The third kappa shape index (κ3) is 1.58. The van der Waals surface area contributed by atoms with Gasteiger partial charge in [-0.25, -0.2) is 4.98 Å². The second-order valence-corrected chi connectivity index (χ2v) is 3.21. The van der Waals surface area contributed by atoms with Gasteiger partial charge in [0.15, 0.2) is 0 Å². The number of aliphatic hydroxyl groups excluding tert-OH is 1. The minimum absolute atomic E-state index is 0.0805. The van der Waals surface area contributed by atoms with Gasteiger partial charge in [-0.1, -0.05) is 6.07 Å². The predicted octanol–water partition coefficient (Wildman–Crippen LogP) is 0.0374. The standard InChI is InChI=1S/C9H9FN2O2/c10-8-3-1-2-7(11-8)9(14)12-4-6(13)5-12/h1-3,6,13H,4-5H2. The van der Waals surface area contributed by atoms with Crippen LogP contribution in [0.2, 0.25) is 0 Å². The first-order chi connectivity index (χ1) is 6.66. The lowest BCUT2D eigenvalue weighted by Crippen LogP contribution is -2.53. The molecule has 0 saturated carbocycles. The Morgan fingerprint density at radius 3 is 2.86 bits per heavy atom. The lowest BCUT2D eigenvalue weighted by atomic mass is 10.1. The van der Waals surface area contributed by atoms with E-state index in [2.05, 4.69) is 4.98 Å². The van der Waals surface area contributed by atoms with Gasteiger partial charge in [0.1, 0.15) is 5.69 Å². The van der Waals surface area contributed by atoms with Crippen LogP contribution in [-0.4, -0.2) is 40.1 Å². The fraction of sp³-hybridized carbons (Fsp3) is 0.333. The van der Waals surface area contributed by atoms with E-state index in [-0.39, 0.29) is 11.6 Å². The summed E-state index contributed by atoms with van der Waals surface area (Å²) in [5, 5.41) is 8.98. The fourth-order valence-corrected chi connectivity index (χ4v) is 1.31. The number of likely N-dealkylation sites (tertiary alicyclic amines) is 1. The third-order valence-corrected chi connectivity index (χ3v) is 2.08. The maximum atomic E-state index is 12.7. The van der Waals surface area contributed by atoms with Crippen molar-refractivity contribution >= 4 is 5.91 Å². The number of carbonyl (C=O) groups is 1. The Morgan fingerprint density at radius 2 is 2.29 bits per heavy atom. The molecular formula is C9H9FN2O2. The second kappa shape index (κ2) is 3.34. The number of β-amino-alcohol motifs (C(OH)–C–C–N with tert-alkyl or cyclic N) is 1. The summed E-state index contributed by atoms with van der Waals surface area (Å²) in [6, 6.07) is 4.07. The van der Waals surface area contributed by atoms with E-state index in [0.29, 0.717) is 13.1 Å². The largest absolute Gasteiger partial charge is 0.389 e. The maximum absolute atomic E-state index is 12.7. The number of amides is 1. The van der Waals surface area contributed by atoms with Gasteiger partial charge in [-0.2, -0.15) is 4.39 Å². The first-order valence-electron chi connectivity index (χ1n) is 4.27. The maximum Gasteiger partial charge on any atom is 0.272 e. The van der Waals surface area contributed by atoms with Crippen LogP contribution >= 0.6 is 0 Å². The van der Waals surface area contributed by atoms with E-state index in [9.17, 15) is 9.18 Å². The minimum Gasteiger partial charge on any atom is -0.389 e. The molecule has 1 N–H and O–H groups in total. The number of aliphatic hydroxyl groups is 1. The van der Waals surface area contributed by atoms with E-state index in [1.54, 1.807) is 0 Å². The summed E-state index contributed by atoms with van der Waals surface area (Å²) < 4.78 is 12.7. The average Bonchev–Trinajstić information content (AvgIpc) is 2.12. The van der Waals surface area contributed by atoms with E-state index in [1.165, 1.54) is 23.1 Å². The normalized spacial score (nSPS) is 16.6. The first kappa shape index (κ1) is 9.08. The van der Waals surface area contributed by atoms with Crippen molar-refractivity contribution in [2.45, 2.75) is 6.10 Å². The quantitative estimate of drug-likeness (QED) is 0.645. The third-order valence-electron chi connectivity index (χ3n) is 2.08. The number of hydrogen-bond donors (Lipinski definition) is 1. The molecular weight excluding hydrogens is 187 g/mol. The van der Waals surface area contributed by atoms with Gasteiger partial charge in [-0.05, 0) is 12.1 Å². The Bertz CT molecular complexity index is 364. The summed E-state index contributed by atoms with van der Waals surface area (Å²) in [5.74, 6) is -1.01. The van der Waals surface area contributed by atoms with Crippen LogP contribution in [0, 0.1) is 5.95 Å². The van der Waals surface area contributed by atoms with E-state index < -0.39 is 12.1 Å². The molecule has 74 valence electrons. The van der Waals surface area contributed by atoms with Crippen LogP contribution in [0.3, 0.4) is 0 Å². The van der Waals surface area contributed by atoms with Crippen LogP contribution in [0.4, 0.5) is 4.39 Å². The molecule has 4 nitrogen and oxygen atoms in total. The van der Waals surface area contributed by atoms with Crippen molar-refractivity contribution in [3.05, 3.63) is 29.8 Å². The molecule has 0 aliphatic carbocycles. The number of pyridine rings is 1. The number of rotatable bonds is 1. The van der Waals surface area contributed by atoms with E-state index in [4.69, 9.17) is 5.11 Å². The molecule has 1 saturated heterocycles. The molecule has 1 amide bonds.